The van der Waals surface area contributed by atoms with Gasteiger partial charge in [-0.3, -0.25) is 4.79 Å². The van der Waals surface area contributed by atoms with Crippen LogP contribution in [0.2, 0.25) is 0 Å². The van der Waals surface area contributed by atoms with Crippen LogP contribution in [0.15, 0.2) is 42.5 Å². The molecule has 1 aliphatic rings. The van der Waals surface area contributed by atoms with Gasteiger partial charge in [0.1, 0.15) is 0 Å². The Morgan fingerprint density at radius 3 is 2.92 bits per heavy atom. The topological polar surface area (TPSA) is 84.9 Å². The van der Waals surface area contributed by atoms with Crippen LogP contribution >= 0.6 is 0 Å². The van der Waals surface area contributed by atoms with Crippen molar-refractivity contribution in [3.63, 3.8) is 0 Å². The van der Waals surface area contributed by atoms with E-state index in [9.17, 15) is 14.7 Å². The van der Waals surface area contributed by atoms with E-state index < -0.39 is 12.1 Å². The molecule has 0 fully saturated rings. The molecule has 1 atom stereocenters. The van der Waals surface area contributed by atoms with E-state index in [0.717, 1.165) is 11.1 Å². The van der Waals surface area contributed by atoms with E-state index in [1.54, 1.807) is 24.3 Å². The standard InChI is InChI=1S/C18H17NO5/c1-23-15-8-11(6-7-14(15)20)10-19-17(21)16-9-12-4-2-3-5-13(12)18(22)24-16/h2-8,16,20H,9-10H2,1H3,(H,19,21)/t16-/m1/s1. The third-order valence-electron chi connectivity index (χ3n) is 3.90. The molecule has 1 aliphatic heterocycles. The Bertz CT molecular complexity index is 787. The van der Waals surface area contributed by atoms with Gasteiger partial charge in [0.2, 0.25) is 0 Å². The maximum absolute atomic E-state index is 12.3. The van der Waals surface area contributed by atoms with Crippen molar-refractivity contribution in [3.05, 3.63) is 59.2 Å². The van der Waals surface area contributed by atoms with Crippen molar-refractivity contribution in [1.82, 2.24) is 5.32 Å². The molecule has 124 valence electrons. The highest BCUT2D eigenvalue weighted by molar-refractivity contribution is 5.95. The van der Waals surface area contributed by atoms with Gasteiger partial charge in [0.25, 0.3) is 5.91 Å². The van der Waals surface area contributed by atoms with Gasteiger partial charge in [0, 0.05) is 13.0 Å². The van der Waals surface area contributed by atoms with E-state index in [1.165, 1.54) is 13.2 Å². The summed E-state index contributed by atoms with van der Waals surface area (Å²) in [7, 11) is 1.45. The molecule has 0 unspecified atom stereocenters. The fourth-order valence-corrected chi connectivity index (χ4v) is 2.61. The average molecular weight is 327 g/mol. The first-order chi connectivity index (χ1) is 11.6. The predicted octanol–water partition coefficient (Wildman–Crippen LogP) is 1.80. The highest BCUT2D eigenvalue weighted by atomic mass is 16.5. The van der Waals surface area contributed by atoms with Crippen LogP contribution < -0.4 is 10.1 Å². The van der Waals surface area contributed by atoms with Crippen LogP contribution in [0.4, 0.5) is 0 Å². The Labute approximate surface area is 139 Å². The number of aromatic hydroxyl groups is 1. The largest absolute Gasteiger partial charge is 0.504 e. The zero-order valence-electron chi connectivity index (χ0n) is 13.1. The summed E-state index contributed by atoms with van der Waals surface area (Å²) in [4.78, 5) is 24.2. The molecule has 0 saturated carbocycles. The van der Waals surface area contributed by atoms with Crippen LogP contribution in [0.5, 0.6) is 11.5 Å². The van der Waals surface area contributed by atoms with Crippen LogP contribution in [0.3, 0.4) is 0 Å². The zero-order valence-corrected chi connectivity index (χ0v) is 13.1. The SMILES string of the molecule is COc1cc(CNC(=O)[C@H]2Cc3ccccc3C(=O)O2)ccc1O. The molecular formula is C18H17NO5. The van der Waals surface area contributed by atoms with Crippen molar-refractivity contribution in [1.29, 1.82) is 0 Å². The van der Waals surface area contributed by atoms with Crippen LogP contribution in [-0.2, 0) is 22.5 Å². The molecule has 24 heavy (non-hydrogen) atoms. The van der Waals surface area contributed by atoms with Crippen molar-refractivity contribution < 1.29 is 24.2 Å². The van der Waals surface area contributed by atoms with E-state index >= 15 is 0 Å². The minimum atomic E-state index is -0.841. The van der Waals surface area contributed by atoms with Crippen LogP contribution in [-0.4, -0.2) is 30.2 Å². The first-order valence-corrected chi connectivity index (χ1v) is 7.51. The van der Waals surface area contributed by atoms with Gasteiger partial charge in [-0.05, 0) is 29.3 Å². The number of ether oxygens (including phenoxy) is 2. The molecule has 3 rings (SSSR count). The first kappa shape index (κ1) is 15.9. The summed E-state index contributed by atoms with van der Waals surface area (Å²) < 4.78 is 10.2. The van der Waals surface area contributed by atoms with E-state index in [-0.39, 0.29) is 18.2 Å². The fourth-order valence-electron chi connectivity index (χ4n) is 2.61. The Kier molecular flexibility index (Phi) is 4.37. The molecule has 6 heteroatoms. The van der Waals surface area contributed by atoms with Gasteiger partial charge >= 0.3 is 5.97 Å². The fraction of sp³-hybridized carbons (Fsp3) is 0.222. The zero-order chi connectivity index (χ0) is 17.1. The first-order valence-electron chi connectivity index (χ1n) is 7.51. The Morgan fingerprint density at radius 2 is 2.12 bits per heavy atom. The summed E-state index contributed by atoms with van der Waals surface area (Å²) >= 11 is 0. The molecule has 0 saturated heterocycles. The Balaban J connectivity index is 1.65. The molecular weight excluding hydrogens is 310 g/mol. The third kappa shape index (κ3) is 3.17. The number of cyclic esters (lactones) is 1. The minimum absolute atomic E-state index is 0.0328. The van der Waals surface area contributed by atoms with Crippen LogP contribution in [0.1, 0.15) is 21.5 Å². The van der Waals surface area contributed by atoms with E-state index in [0.29, 0.717) is 17.7 Å². The van der Waals surface area contributed by atoms with Crippen molar-refractivity contribution in [2.24, 2.45) is 0 Å². The van der Waals surface area contributed by atoms with Gasteiger partial charge in [0.15, 0.2) is 17.6 Å². The second-order valence-corrected chi connectivity index (χ2v) is 5.48. The quantitative estimate of drug-likeness (QED) is 0.837. The number of rotatable bonds is 4. The number of esters is 1. The number of methoxy groups -OCH3 is 1. The number of benzene rings is 2. The molecule has 1 heterocycles. The normalized spacial score (nSPS) is 16.0. The second-order valence-electron chi connectivity index (χ2n) is 5.48. The van der Waals surface area contributed by atoms with Crippen molar-refractivity contribution in [3.8, 4) is 11.5 Å². The number of carbonyl (C=O) groups is 2. The number of hydrogen-bond acceptors (Lipinski definition) is 5. The highest BCUT2D eigenvalue weighted by Crippen LogP contribution is 2.26. The molecule has 0 aromatic heterocycles. The van der Waals surface area contributed by atoms with Gasteiger partial charge < -0.3 is 19.9 Å². The molecule has 0 radical (unpaired) electrons. The van der Waals surface area contributed by atoms with Crippen LogP contribution in [0, 0.1) is 0 Å². The lowest BCUT2D eigenvalue weighted by Gasteiger charge is -2.23. The second kappa shape index (κ2) is 6.62. The summed E-state index contributed by atoms with van der Waals surface area (Å²) in [6.45, 7) is 0.241. The van der Waals surface area contributed by atoms with Gasteiger partial charge in [-0.15, -0.1) is 0 Å². The smallest absolute Gasteiger partial charge is 0.339 e. The Morgan fingerprint density at radius 1 is 1.33 bits per heavy atom. The van der Waals surface area contributed by atoms with E-state index in [1.807, 2.05) is 12.1 Å². The van der Waals surface area contributed by atoms with Gasteiger partial charge in [-0.25, -0.2) is 4.79 Å². The van der Waals surface area contributed by atoms with Gasteiger partial charge in [0.05, 0.1) is 12.7 Å². The number of phenols is 1. The van der Waals surface area contributed by atoms with Crippen molar-refractivity contribution in [2.75, 3.05) is 7.11 Å². The lowest BCUT2D eigenvalue weighted by atomic mass is 9.98. The summed E-state index contributed by atoms with van der Waals surface area (Å²) in [6.07, 6.45) is -0.487. The maximum Gasteiger partial charge on any atom is 0.339 e. The van der Waals surface area contributed by atoms with Crippen LogP contribution in [0.25, 0.3) is 0 Å². The molecule has 0 spiro atoms. The number of phenolic OH excluding ortho intramolecular Hbond substituents is 1. The van der Waals surface area contributed by atoms with Crippen molar-refractivity contribution in [2.45, 2.75) is 19.1 Å². The molecule has 2 aromatic carbocycles. The Hall–Kier alpha value is -3.02. The summed E-state index contributed by atoms with van der Waals surface area (Å²) in [5, 5.41) is 12.3. The van der Waals surface area contributed by atoms with E-state index in [4.69, 9.17) is 9.47 Å². The summed E-state index contributed by atoms with van der Waals surface area (Å²) in [5.41, 5.74) is 2.07. The lowest BCUT2D eigenvalue weighted by Crippen LogP contribution is -2.41. The van der Waals surface area contributed by atoms with Gasteiger partial charge in [-0.2, -0.15) is 0 Å². The minimum Gasteiger partial charge on any atom is -0.504 e. The summed E-state index contributed by atoms with van der Waals surface area (Å²) in [6, 6.07) is 11.9. The molecule has 2 N–H and O–H groups in total. The highest BCUT2D eigenvalue weighted by Gasteiger charge is 2.30. The predicted molar refractivity (Wildman–Crippen MR) is 85.9 cm³/mol. The number of carbonyl (C=O) groups excluding carboxylic acids is 2. The average Bonchev–Trinajstić information content (AvgIpc) is 2.60. The van der Waals surface area contributed by atoms with E-state index in [2.05, 4.69) is 5.32 Å². The van der Waals surface area contributed by atoms with Gasteiger partial charge in [-0.1, -0.05) is 24.3 Å². The molecule has 2 aromatic rings. The summed E-state index contributed by atoms with van der Waals surface area (Å²) in [5.74, 6) is -0.474. The monoisotopic (exact) mass is 327 g/mol. The number of amides is 1. The van der Waals surface area contributed by atoms with Crippen molar-refractivity contribution >= 4 is 11.9 Å². The lowest BCUT2D eigenvalue weighted by molar-refractivity contribution is -0.130. The molecule has 0 bridgehead atoms. The number of hydrogen-bond donors (Lipinski definition) is 2. The maximum atomic E-state index is 12.3. The molecule has 0 aliphatic carbocycles. The molecule has 6 nitrogen and oxygen atoms in total. The number of nitrogens with one attached hydrogen (secondary N) is 1. The third-order valence-corrected chi connectivity index (χ3v) is 3.90. The molecule has 1 amide bonds. The number of fused-ring (bicyclic) bond motifs is 1.